The predicted molar refractivity (Wildman–Crippen MR) is 85.3 cm³/mol. The fraction of sp³-hybridized carbons (Fsp3) is 0.571. The Bertz CT molecular complexity index is 679. The maximum atomic E-state index is 11.8. The lowest BCUT2D eigenvalue weighted by Gasteiger charge is -2.12. The normalized spacial score (nSPS) is 12.3. The molecule has 0 radical (unpaired) electrons. The van der Waals surface area contributed by atoms with Gasteiger partial charge >= 0.3 is 0 Å². The van der Waals surface area contributed by atoms with E-state index in [0.29, 0.717) is 12.2 Å². The summed E-state index contributed by atoms with van der Waals surface area (Å²) in [6, 6.07) is 4.17. The van der Waals surface area contributed by atoms with E-state index in [9.17, 15) is 16.8 Å². The van der Waals surface area contributed by atoms with Crippen LogP contribution in [0.15, 0.2) is 28.0 Å². The van der Waals surface area contributed by atoms with Crippen LogP contribution in [0.25, 0.3) is 0 Å². The number of hydrogen-bond donors (Lipinski definition) is 1. The average Bonchev–Trinajstić information content (AvgIpc) is 2.36. The van der Waals surface area contributed by atoms with Gasteiger partial charge in [-0.1, -0.05) is 26.2 Å². The molecule has 1 N–H and O–H groups in total. The molecule has 0 aliphatic carbocycles. The van der Waals surface area contributed by atoms with E-state index >= 15 is 0 Å². The van der Waals surface area contributed by atoms with Crippen molar-refractivity contribution < 1.29 is 16.8 Å². The topological polar surface area (TPSA) is 80.3 Å². The standard InChI is InChI=1S/C14H23NO4S2/c1-4-5-6-7-10-15-13-9-8-12(20(2,16)17)11-14(13)21(3,18)19/h8-9,11,15H,4-7,10H2,1-3H3. The summed E-state index contributed by atoms with van der Waals surface area (Å²) in [6.45, 7) is 2.79. The maximum absolute atomic E-state index is 11.8. The van der Waals surface area contributed by atoms with Crippen LogP contribution in [0.1, 0.15) is 32.6 Å². The molecule has 5 nitrogen and oxygen atoms in total. The summed E-state index contributed by atoms with van der Waals surface area (Å²) in [5, 5.41) is 3.08. The molecule has 120 valence electrons. The molecule has 0 bridgehead atoms. The first kappa shape index (κ1) is 18.0. The molecule has 7 heteroatoms. The van der Waals surface area contributed by atoms with Gasteiger partial charge < -0.3 is 5.32 Å². The third-order valence-electron chi connectivity index (χ3n) is 3.13. The van der Waals surface area contributed by atoms with Gasteiger partial charge in [0.25, 0.3) is 0 Å². The molecule has 0 spiro atoms. The molecule has 0 unspecified atom stereocenters. The Morgan fingerprint density at radius 3 is 2.14 bits per heavy atom. The van der Waals surface area contributed by atoms with Crippen LogP contribution < -0.4 is 5.32 Å². The Kier molecular flexibility index (Phi) is 6.22. The predicted octanol–water partition coefficient (Wildman–Crippen LogP) is 2.49. The van der Waals surface area contributed by atoms with Gasteiger partial charge in [0.15, 0.2) is 19.7 Å². The van der Waals surface area contributed by atoms with E-state index in [1.807, 2.05) is 0 Å². The van der Waals surface area contributed by atoms with Crippen molar-refractivity contribution in [3.8, 4) is 0 Å². The third kappa shape index (κ3) is 5.67. The summed E-state index contributed by atoms with van der Waals surface area (Å²) in [4.78, 5) is 0.0420. The fourth-order valence-electron chi connectivity index (χ4n) is 1.96. The second kappa shape index (κ2) is 7.26. The van der Waals surface area contributed by atoms with Gasteiger partial charge in [-0.2, -0.15) is 0 Å². The Balaban J connectivity index is 2.99. The van der Waals surface area contributed by atoms with Crippen molar-refractivity contribution in [3.63, 3.8) is 0 Å². The van der Waals surface area contributed by atoms with Crippen molar-refractivity contribution in [3.05, 3.63) is 18.2 Å². The van der Waals surface area contributed by atoms with E-state index in [4.69, 9.17) is 0 Å². The lowest BCUT2D eigenvalue weighted by Crippen LogP contribution is -2.09. The van der Waals surface area contributed by atoms with Gasteiger partial charge in [0.05, 0.1) is 15.5 Å². The zero-order valence-corrected chi connectivity index (χ0v) is 14.4. The van der Waals surface area contributed by atoms with E-state index in [-0.39, 0.29) is 9.79 Å². The van der Waals surface area contributed by atoms with Crippen LogP contribution in [0.2, 0.25) is 0 Å². The van der Waals surface area contributed by atoms with E-state index in [1.54, 1.807) is 0 Å². The molecule has 0 aromatic heterocycles. The largest absolute Gasteiger partial charge is 0.384 e. The van der Waals surface area contributed by atoms with Gasteiger partial charge in [0, 0.05) is 19.1 Å². The summed E-state index contributed by atoms with van der Waals surface area (Å²) < 4.78 is 46.7. The lowest BCUT2D eigenvalue weighted by atomic mass is 10.2. The second-order valence-corrected chi connectivity index (χ2v) is 9.19. The smallest absolute Gasteiger partial charge is 0.177 e. The van der Waals surface area contributed by atoms with E-state index in [1.165, 1.54) is 18.2 Å². The number of unbranched alkanes of at least 4 members (excludes halogenated alkanes) is 3. The van der Waals surface area contributed by atoms with Crippen molar-refractivity contribution >= 4 is 25.4 Å². The number of hydrogen-bond acceptors (Lipinski definition) is 5. The molecule has 0 fully saturated rings. The summed E-state index contributed by atoms with van der Waals surface area (Å²) in [7, 11) is -6.92. The van der Waals surface area contributed by atoms with Crippen molar-refractivity contribution in [1.82, 2.24) is 0 Å². The quantitative estimate of drug-likeness (QED) is 0.739. The molecule has 0 aliphatic heterocycles. The molecule has 0 saturated carbocycles. The minimum Gasteiger partial charge on any atom is -0.384 e. The first-order valence-electron chi connectivity index (χ1n) is 6.94. The van der Waals surface area contributed by atoms with E-state index in [2.05, 4.69) is 12.2 Å². The van der Waals surface area contributed by atoms with Gasteiger partial charge in [-0.3, -0.25) is 0 Å². The number of anilines is 1. The Hall–Kier alpha value is -1.08. The molecule has 0 heterocycles. The molecule has 0 saturated heterocycles. The van der Waals surface area contributed by atoms with Crippen LogP contribution in [0, 0.1) is 0 Å². The Labute approximate surface area is 127 Å². The molecule has 0 aliphatic rings. The number of nitrogens with one attached hydrogen (secondary N) is 1. The number of benzene rings is 1. The molecule has 1 aromatic carbocycles. The van der Waals surface area contributed by atoms with Crippen LogP contribution >= 0.6 is 0 Å². The first-order valence-corrected chi connectivity index (χ1v) is 10.7. The summed E-state index contributed by atoms with van der Waals surface area (Å²) >= 11 is 0. The molecular formula is C14H23NO4S2. The van der Waals surface area contributed by atoms with Gasteiger partial charge in [-0.25, -0.2) is 16.8 Å². The summed E-state index contributed by atoms with van der Waals surface area (Å²) in [5.74, 6) is 0. The zero-order valence-electron chi connectivity index (χ0n) is 12.7. The lowest BCUT2D eigenvalue weighted by molar-refractivity contribution is 0.600. The highest BCUT2D eigenvalue weighted by Crippen LogP contribution is 2.25. The fourth-order valence-corrected chi connectivity index (χ4v) is 3.56. The van der Waals surface area contributed by atoms with Crippen molar-refractivity contribution in [2.24, 2.45) is 0 Å². The zero-order chi connectivity index (χ0) is 16.1. The van der Waals surface area contributed by atoms with Gasteiger partial charge in [0.1, 0.15) is 0 Å². The Morgan fingerprint density at radius 2 is 1.62 bits per heavy atom. The maximum Gasteiger partial charge on any atom is 0.177 e. The molecule has 0 atom stereocenters. The molecule has 0 amide bonds. The highest BCUT2D eigenvalue weighted by molar-refractivity contribution is 7.91. The second-order valence-electron chi connectivity index (χ2n) is 5.19. The van der Waals surface area contributed by atoms with Crippen molar-refractivity contribution in [2.45, 2.75) is 42.4 Å². The molecule has 1 rings (SSSR count). The number of sulfone groups is 2. The van der Waals surface area contributed by atoms with Crippen molar-refractivity contribution in [2.75, 3.05) is 24.4 Å². The molecule has 1 aromatic rings. The van der Waals surface area contributed by atoms with Gasteiger partial charge in [-0.15, -0.1) is 0 Å². The highest BCUT2D eigenvalue weighted by atomic mass is 32.2. The number of rotatable bonds is 8. The van der Waals surface area contributed by atoms with E-state index in [0.717, 1.165) is 38.2 Å². The minimum absolute atomic E-state index is 0.0134. The Morgan fingerprint density at radius 1 is 0.952 bits per heavy atom. The highest BCUT2D eigenvalue weighted by Gasteiger charge is 2.17. The third-order valence-corrected chi connectivity index (χ3v) is 5.37. The van der Waals surface area contributed by atoms with Crippen LogP contribution in [0.4, 0.5) is 5.69 Å². The van der Waals surface area contributed by atoms with Gasteiger partial charge in [0.2, 0.25) is 0 Å². The SMILES string of the molecule is CCCCCCNc1ccc(S(C)(=O)=O)cc1S(C)(=O)=O. The minimum atomic E-state index is -3.49. The van der Waals surface area contributed by atoms with Crippen LogP contribution in [-0.2, 0) is 19.7 Å². The van der Waals surface area contributed by atoms with Crippen molar-refractivity contribution in [1.29, 1.82) is 0 Å². The first-order chi connectivity index (χ1) is 9.66. The summed E-state index contributed by atoms with van der Waals surface area (Å²) in [5.41, 5.74) is 0.460. The van der Waals surface area contributed by atoms with E-state index < -0.39 is 19.7 Å². The van der Waals surface area contributed by atoms with Crippen LogP contribution in [0.5, 0.6) is 0 Å². The summed E-state index contributed by atoms with van der Waals surface area (Å²) in [6.07, 6.45) is 6.46. The molecular weight excluding hydrogens is 310 g/mol. The molecule has 21 heavy (non-hydrogen) atoms. The van der Waals surface area contributed by atoms with Crippen LogP contribution in [-0.4, -0.2) is 35.9 Å². The van der Waals surface area contributed by atoms with Gasteiger partial charge in [-0.05, 0) is 24.6 Å². The monoisotopic (exact) mass is 333 g/mol. The average molecular weight is 333 g/mol. The van der Waals surface area contributed by atoms with Crippen LogP contribution in [0.3, 0.4) is 0 Å².